The number of carbonyl (C=O) groups is 2. The van der Waals surface area contributed by atoms with E-state index in [2.05, 4.69) is 31.5 Å². The monoisotopic (exact) mass is 373 g/mol. The standard InChI is InChI=1S/C17H16BrN3O2/c1-10-5-6-12(9-13(10)18)20-17(23)15-4-2-3-14(21-15)16(22)19-11-7-8-11/h2-6,9,11H,7-8H2,1H3,(H,19,22)(H,20,23). The molecule has 0 saturated heterocycles. The summed E-state index contributed by atoms with van der Waals surface area (Å²) >= 11 is 3.43. The number of anilines is 1. The van der Waals surface area contributed by atoms with Crippen molar-refractivity contribution in [1.82, 2.24) is 10.3 Å². The van der Waals surface area contributed by atoms with Crippen molar-refractivity contribution in [2.24, 2.45) is 0 Å². The molecule has 1 saturated carbocycles. The van der Waals surface area contributed by atoms with E-state index in [4.69, 9.17) is 0 Å². The molecule has 0 unspecified atom stereocenters. The van der Waals surface area contributed by atoms with Crippen molar-refractivity contribution in [2.45, 2.75) is 25.8 Å². The molecule has 23 heavy (non-hydrogen) atoms. The summed E-state index contributed by atoms with van der Waals surface area (Å²) in [7, 11) is 0. The van der Waals surface area contributed by atoms with Crippen LogP contribution in [-0.2, 0) is 0 Å². The van der Waals surface area contributed by atoms with Crippen LogP contribution in [0.4, 0.5) is 5.69 Å². The SMILES string of the molecule is Cc1ccc(NC(=O)c2cccc(C(=O)NC3CC3)n2)cc1Br. The number of nitrogens with one attached hydrogen (secondary N) is 2. The van der Waals surface area contributed by atoms with Crippen LogP contribution >= 0.6 is 15.9 Å². The molecule has 3 rings (SSSR count). The van der Waals surface area contributed by atoms with Gasteiger partial charge < -0.3 is 10.6 Å². The minimum Gasteiger partial charge on any atom is -0.348 e. The van der Waals surface area contributed by atoms with Crippen molar-refractivity contribution in [3.8, 4) is 0 Å². The van der Waals surface area contributed by atoms with Crippen LogP contribution in [0, 0.1) is 6.92 Å². The van der Waals surface area contributed by atoms with Gasteiger partial charge in [0.2, 0.25) is 0 Å². The normalized spacial score (nSPS) is 13.5. The van der Waals surface area contributed by atoms with E-state index in [9.17, 15) is 9.59 Å². The van der Waals surface area contributed by atoms with Crippen LogP contribution in [0.5, 0.6) is 0 Å². The summed E-state index contributed by atoms with van der Waals surface area (Å²) in [5.74, 6) is -0.581. The highest BCUT2D eigenvalue weighted by Crippen LogP contribution is 2.21. The van der Waals surface area contributed by atoms with Gasteiger partial charge >= 0.3 is 0 Å². The van der Waals surface area contributed by atoms with Crippen LogP contribution in [0.1, 0.15) is 39.4 Å². The third-order valence-corrected chi connectivity index (χ3v) is 4.41. The van der Waals surface area contributed by atoms with Gasteiger partial charge in [-0.1, -0.05) is 28.1 Å². The number of nitrogens with zero attached hydrogens (tertiary/aromatic N) is 1. The molecule has 0 radical (unpaired) electrons. The van der Waals surface area contributed by atoms with Gasteiger partial charge in [-0.2, -0.15) is 0 Å². The summed E-state index contributed by atoms with van der Waals surface area (Å²) < 4.78 is 0.917. The fourth-order valence-electron chi connectivity index (χ4n) is 2.04. The maximum Gasteiger partial charge on any atom is 0.274 e. The van der Waals surface area contributed by atoms with Crippen molar-refractivity contribution in [1.29, 1.82) is 0 Å². The van der Waals surface area contributed by atoms with Gasteiger partial charge in [-0.05, 0) is 49.6 Å². The van der Waals surface area contributed by atoms with E-state index in [1.165, 1.54) is 0 Å². The molecule has 0 aliphatic heterocycles. The predicted octanol–water partition coefficient (Wildman–Crippen LogP) is 3.30. The van der Waals surface area contributed by atoms with Gasteiger partial charge in [0.15, 0.2) is 0 Å². The first-order valence-electron chi connectivity index (χ1n) is 7.38. The molecule has 1 heterocycles. The summed E-state index contributed by atoms with van der Waals surface area (Å²) in [6, 6.07) is 10.7. The lowest BCUT2D eigenvalue weighted by Gasteiger charge is -2.08. The number of aryl methyl sites for hydroxylation is 1. The van der Waals surface area contributed by atoms with E-state index >= 15 is 0 Å². The maximum absolute atomic E-state index is 12.3. The Kier molecular flexibility index (Phi) is 4.43. The first-order valence-corrected chi connectivity index (χ1v) is 8.17. The molecule has 0 spiro atoms. The number of hydrogen-bond donors (Lipinski definition) is 2. The van der Waals surface area contributed by atoms with E-state index in [1.807, 2.05) is 25.1 Å². The minimum atomic E-state index is -0.346. The molecule has 0 atom stereocenters. The Labute approximate surface area is 142 Å². The fourth-order valence-corrected chi connectivity index (χ4v) is 2.42. The van der Waals surface area contributed by atoms with E-state index in [-0.39, 0.29) is 29.2 Å². The third kappa shape index (κ3) is 3.96. The highest BCUT2D eigenvalue weighted by atomic mass is 79.9. The zero-order chi connectivity index (χ0) is 16.4. The van der Waals surface area contributed by atoms with E-state index < -0.39 is 0 Å². The average Bonchev–Trinajstić information content (AvgIpc) is 3.35. The lowest BCUT2D eigenvalue weighted by Crippen LogP contribution is -2.27. The number of benzene rings is 1. The van der Waals surface area contributed by atoms with Gasteiger partial charge in [-0.3, -0.25) is 9.59 Å². The van der Waals surface area contributed by atoms with E-state index in [0.29, 0.717) is 5.69 Å². The first kappa shape index (κ1) is 15.7. The average molecular weight is 374 g/mol. The Hall–Kier alpha value is -2.21. The van der Waals surface area contributed by atoms with Gasteiger partial charge in [0.05, 0.1) is 0 Å². The number of rotatable bonds is 4. The Morgan fingerprint density at radius 2 is 1.83 bits per heavy atom. The van der Waals surface area contributed by atoms with Crippen LogP contribution in [0.15, 0.2) is 40.9 Å². The van der Waals surface area contributed by atoms with Gasteiger partial charge in [0, 0.05) is 16.2 Å². The second kappa shape index (κ2) is 6.50. The Balaban J connectivity index is 1.73. The molecule has 0 bridgehead atoms. The molecule has 1 fully saturated rings. The summed E-state index contributed by atoms with van der Waals surface area (Å²) in [4.78, 5) is 28.5. The highest BCUT2D eigenvalue weighted by Gasteiger charge is 2.24. The van der Waals surface area contributed by atoms with E-state index in [1.54, 1.807) is 18.2 Å². The number of pyridine rings is 1. The molecule has 2 N–H and O–H groups in total. The van der Waals surface area contributed by atoms with Crippen LogP contribution in [0.3, 0.4) is 0 Å². The summed E-state index contributed by atoms with van der Waals surface area (Å²) in [6.45, 7) is 1.97. The summed E-state index contributed by atoms with van der Waals surface area (Å²) in [6.07, 6.45) is 2.02. The first-order chi connectivity index (χ1) is 11.0. The van der Waals surface area contributed by atoms with Gasteiger partial charge in [-0.15, -0.1) is 0 Å². The molecule has 1 aliphatic rings. The molecule has 1 aromatic carbocycles. The summed E-state index contributed by atoms with van der Waals surface area (Å²) in [5, 5.41) is 5.64. The smallest absolute Gasteiger partial charge is 0.274 e. The lowest BCUT2D eigenvalue weighted by atomic mass is 10.2. The van der Waals surface area contributed by atoms with Gasteiger partial charge in [0.25, 0.3) is 11.8 Å². The Bertz CT molecular complexity index is 772. The van der Waals surface area contributed by atoms with Crippen LogP contribution in [-0.4, -0.2) is 22.8 Å². The quantitative estimate of drug-likeness (QED) is 0.863. The fraction of sp³-hybridized carbons (Fsp3) is 0.235. The number of aromatic nitrogens is 1. The highest BCUT2D eigenvalue weighted by molar-refractivity contribution is 9.10. The third-order valence-electron chi connectivity index (χ3n) is 3.56. The molecule has 5 nitrogen and oxygen atoms in total. The topological polar surface area (TPSA) is 71.1 Å². The second-order valence-electron chi connectivity index (χ2n) is 5.57. The molecule has 1 aliphatic carbocycles. The molecular weight excluding hydrogens is 358 g/mol. The Morgan fingerprint density at radius 1 is 1.13 bits per heavy atom. The predicted molar refractivity (Wildman–Crippen MR) is 91.6 cm³/mol. The van der Waals surface area contributed by atoms with Crippen LogP contribution in [0.2, 0.25) is 0 Å². The molecule has 118 valence electrons. The molecule has 2 amide bonds. The van der Waals surface area contributed by atoms with Crippen molar-refractivity contribution >= 4 is 33.4 Å². The maximum atomic E-state index is 12.3. The number of halogens is 1. The largest absolute Gasteiger partial charge is 0.348 e. The number of carbonyl (C=O) groups excluding carboxylic acids is 2. The summed E-state index contributed by atoms with van der Waals surface area (Å²) in [5.41, 5.74) is 2.22. The van der Waals surface area contributed by atoms with Crippen LogP contribution < -0.4 is 10.6 Å². The van der Waals surface area contributed by atoms with E-state index in [0.717, 1.165) is 22.9 Å². The van der Waals surface area contributed by atoms with Crippen molar-refractivity contribution in [3.63, 3.8) is 0 Å². The number of amides is 2. The minimum absolute atomic E-state index is 0.213. The lowest BCUT2D eigenvalue weighted by molar-refractivity contribution is 0.0946. The van der Waals surface area contributed by atoms with Crippen LogP contribution in [0.25, 0.3) is 0 Å². The number of hydrogen-bond acceptors (Lipinski definition) is 3. The molecule has 2 aromatic rings. The molecular formula is C17H16BrN3O2. The van der Waals surface area contributed by atoms with Crippen molar-refractivity contribution in [3.05, 3.63) is 57.8 Å². The van der Waals surface area contributed by atoms with Crippen molar-refractivity contribution < 1.29 is 9.59 Å². The zero-order valence-electron chi connectivity index (χ0n) is 12.6. The van der Waals surface area contributed by atoms with Gasteiger partial charge in [0.1, 0.15) is 11.4 Å². The van der Waals surface area contributed by atoms with Gasteiger partial charge in [-0.25, -0.2) is 4.98 Å². The molecule has 1 aromatic heterocycles. The molecule has 6 heteroatoms. The zero-order valence-corrected chi connectivity index (χ0v) is 14.2. The van der Waals surface area contributed by atoms with Crippen molar-refractivity contribution in [2.75, 3.05) is 5.32 Å². The second-order valence-corrected chi connectivity index (χ2v) is 6.43. The Morgan fingerprint density at radius 3 is 2.48 bits per heavy atom.